The summed E-state index contributed by atoms with van der Waals surface area (Å²) >= 11 is 0. The van der Waals surface area contributed by atoms with Gasteiger partial charge in [-0.05, 0) is 49.4 Å². The molecule has 0 saturated carbocycles. The third-order valence-corrected chi connectivity index (χ3v) is 5.68. The molecule has 30 heavy (non-hydrogen) atoms. The van der Waals surface area contributed by atoms with E-state index < -0.39 is 17.5 Å². The van der Waals surface area contributed by atoms with E-state index in [1.54, 1.807) is 6.92 Å². The van der Waals surface area contributed by atoms with E-state index in [-0.39, 0.29) is 18.5 Å². The van der Waals surface area contributed by atoms with Crippen LogP contribution in [0.5, 0.6) is 0 Å². The van der Waals surface area contributed by atoms with Gasteiger partial charge in [0.25, 0.3) is 5.91 Å². The van der Waals surface area contributed by atoms with E-state index in [1.807, 2.05) is 62.4 Å². The summed E-state index contributed by atoms with van der Waals surface area (Å²) in [6.07, 6.45) is 2.00. The second kappa shape index (κ2) is 8.69. The van der Waals surface area contributed by atoms with Gasteiger partial charge in [0.05, 0.1) is 6.04 Å². The van der Waals surface area contributed by atoms with Crippen LogP contribution in [0.1, 0.15) is 55.5 Å². The van der Waals surface area contributed by atoms with Crippen LogP contribution in [0.4, 0.5) is 4.79 Å². The van der Waals surface area contributed by atoms with E-state index in [4.69, 9.17) is 0 Å². The zero-order valence-electron chi connectivity index (χ0n) is 18.0. The van der Waals surface area contributed by atoms with Crippen molar-refractivity contribution in [2.75, 3.05) is 6.54 Å². The van der Waals surface area contributed by atoms with Gasteiger partial charge >= 0.3 is 6.03 Å². The highest BCUT2D eigenvalue weighted by atomic mass is 16.2. The Balaban J connectivity index is 1.70. The van der Waals surface area contributed by atoms with E-state index in [0.717, 1.165) is 28.9 Å². The fourth-order valence-electron chi connectivity index (χ4n) is 3.91. The highest BCUT2D eigenvalue weighted by molar-refractivity contribution is 6.09. The average Bonchev–Trinajstić information content (AvgIpc) is 2.93. The Hall–Kier alpha value is -3.15. The van der Waals surface area contributed by atoms with Crippen molar-refractivity contribution < 1.29 is 14.4 Å². The molecule has 1 heterocycles. The minimum Gasteiger partial charge on any atom is -0.348 e. The first-order valence-electron chi connectivity index (χ1n) is 10.3. The Bertz CT molecular complexity index is 954. The Morgan fingerprint density at radius 1 is 1.13 bits per heavy atom. The fourth-order valence-corrected chi connectivity index (χ4v) is 3.91. The highest BCUT2D eigenvalue weighted by Crippen LogP contribution is 2.29. The topological polar surface area (TPSA) is 78.5 Å². The highest BCUT2D eigenvalue weighted by Gasteiger charge is 2.49. The second-order valence-corrected chi connectivity index (χ2v) is 8.04. The molecule has 4 amide bonds. The molecule has 6 heteroatoms. The smallest absolute Gasteiger partial charge is 0.325 e. The summed E-state index contributed by atoms with van der Waals surface area (Å²) in [5.41, 5.74) is 2.78. The van der Waals surface area contributed by atoms with Gasteiger partial charge in [-0.15, -0.1) is 0 Å². The molecule has 1 fully saturated rings. The van der Waals surface area contributed by atoms with Crippen molar-refractivity contribution in [3.8, 4) is 0 Å². The largest absolute Gasteiger partial charge is 0.348 e. The zero-order valence-corrected chi connectivity index (χ0v) is 18.0. The Kier molecular flexibility index (Phi) is 6.25. The summed E-state index contributed by atoms with van der Waals surface area (Å²) in [6.45, 7) is 7.33. The Labute approximate surface area is 177 Å². The van der Waals surface area contributed by atoms with Crippen molar-refractivity contribution in [1.29, 1.82) is 0 Å². The van der Waals surface area contributed by atoms with Crippen molar-refractivity contribution in [3.05, 3.63) is 70.8 Å². The van der Waals surface area contributed by atoms with Gasteiger partial charge in [-0.3, -0.25) is 14.5 Å². The molecule has 2 aromatic rings. The molecule has 2 aromatic carbocycles. The molecular formula is C24H29N3O3. The molecule has 1 aliphatic rings. The lowest BCUT2D eigenvalue weighted by molar-refractivity contribution is -0.135. The van der Waals surface area contributed by atoms with Crippen molar-refractivity contribution in [3.63, 3.8) is 0 Å². The lowest BCUT2D eigenvalue weighted by Gasteiger charge is -2.23. The first-order valence-corrected chi connectivity index (χ1v) is 10.3. The predicted octanol–water partition coefficient (Wildman–Crippen LogP) is 3.59. The van der Waals surface area contributed by atoms with Gasteiger partial charge in [0.1, 0.15) is 12.1 Å². The number of imide groups is 1. The van der Waals surface area contributed by atoms with Crippen LogP contribution in [0.2, 0.25) is 0 Å². The van der Waals surface area contributed by atoms with Crippen LogP contribution in [-0.4, -0.2) is 29.3 Å². The van der Waals surface area contributed by atoms with Crippen molar-refractivity contribution in [1.82, 2.24) is 15.5 Å². The van der Waals surface area contributed by atoms with Crippen LogP contribution in [0, 0.1) is 6.92 Å². The molecular weight excluding hydrogens is 378 g/mol. The lowest BCUT2D eigenvalue weighted by atomic mass is 9.91. The summed E-state index contributed by atoms with van der Waals surface area (Å²) in [7, 11) is 0. The van der Waals surface area contributed by atoms with Gasteiger partial charge < -0.3 is 10.6 Å². The molecule has 0 bridgehead atoms. The Morgan fingerprint density at radius 2 is 1.80 bits per heavy atom. The van der Waals surface area contributed by atoms with Gasteiger partial charge in [0.15, 0.2) is 0 Å². The van der Waals surface area contributed by atoms with Gasteiger partial charge in [-0.25, -0.2) is 4.79 Å². The predicted molar refractivity (Wildman–Crippen MR) is 116 cm³/mol. The van der Waals surface area contributed by atoms with Gasteiger partial charge in [-0.1, -0.05) is 61.9 Å². The van der Waals surface area contributed by atoms with Crippen molar-refractivity contribution in [2.24, 2.45) is 0 Å². The normalized spacial score (nSPS) is 19.5. The van der Waals surface area contributed by atoms with Gasteiger partial charge in [-0.2, -0.15) is 0 Å². The number of hydrogen-bond acceptors (Lipinski definition) is 3. The third kappa shape index (κ3) is 4.22. The standard InChI is InChI=1S/C24H29N3O3/c1-5-8-18-11-13-19(14-12-18)24(4)22(29)27(23(30)26-24)15-21(28)25-17(3)20-10-7-6-9-16(20)2/h6-7,9-14,17H,5,8,15H2,1-4H3,(H,25,28)(H,26,30). The zero-order chi connectivity index (χ0) is 21.9. The number of rotatable bonds is 7. The molecule has 6 nitrogen and oxygen atoms in total. The summed E-state index contributed by atoms with van der Waals surface area (Å²) in [5.74, 6) is -0.800. The molecule has 2 N–H and O–H groups in total. The number of carbonyl (C=O) groups excluding carboxylic acids is 3. The molecule has 1 aliphatic heterocycles. The second-order valence-electron chi connectivity index (χ2n) is 8.04. The van der Waals surface area contributed by atoms with Crippen LogP contribution >= 0.6 is 0 Å². The van der Waals surface area contributed by atoms with Crippen LogP contribution in [-0.2, 0) is 21.5 Å². The first kappa shape index (κ1) is 21.6. The summed E-state index contributed by atoms with van der Waals surface area (Å²) in [4.78, 5) is 39.1. The number of benzene rings is 2. The lowest BCUT2D eigenvalue weighted by Crippen LogP contribution is -2.43. The molecule has 2 atom stereocenters. The van der Waals surface area contributed by atoms with E-state index in [9.17, 15) is 14.4 Å². The minimum atomic E-state index is -1.18. The molecule has 158 valence electrons. The number of hydrogen-bond donors (Lipinski definition) is 2. The molecule has 3 rings (SSSR count). The van der Waals surface area contributed by atoms with Crippen LogP contribution in [0.15, 0.2) is 48.5 Å². The van der Waals surface area contributed by atoms with E-state index in [1.165, 1.54) is 5.56 Å². The number of carbonyl (C=O) groups is 3. The molecule has 0 radical (unpaired) electrons. The number of nitrogens with one attached hydrogen (secondary N) is 2. The monoisotopic (exact) mass is 407 g/mol. The van der Waals surface area contributed by atoms with E-state index in [2.05, 4.69) is 17.6 Å². The van der Waals surface area contributed by atoms with E-state index >= 15 is 0 Å². The SMILES string of the molecule is CCCc1ccc(C2(C)NC(=O)N(CC(=O)NC(C)c3ccccc3C)C2=O)cc1. The van der Waals surface area contributed by atoms with Crippen LogP contribution in [0.3, 0.4) is 0 Å². The minimum absolute atomic E-state index is 0.225. The average molecular weight is 408 g/mol. The maximum Gasteiger partial charge on any atom is 0.325 e. The van der Waals surface area contributed by atoms with Crippen LogP contribution < -0.4 is 10.6 Å². The maximum absolute atomic E-state index is 13.1. The quantitative estimate of drug-likeness (QED) is 0.689. The molecule has 0 spiro atoms. The van der Waals surface area contributed by atoms with Crippen molar-refractivity contribution in [2.45, 2.75) is 52.1 Å². The molecule has 2 unspecified atom stereocenters. The number of urea groups is 1. The van der Waals surface area contributed by atoms with Gasteiger partial charge in [0.2, 0.25) is 5.91 Å². The summed E-state index contributed by atoms with van der Waals surface area (Å²) < 4.78 is 0. The summed E-state index contributed by atoms with van der Waals surface area (Å²) in [5, 5.41) is 5.64. The van der Waals surface area contributed by atoms with E-state index in [0.29, 0.717) is 5.56 Å². The van der Waals surface area contributed by atoms with Gasteiger partial charge in [0, 0.05) is 0 Å². The summed E-state index contributed by atoms with van der Waals surface area (Å²) in [6, 6.07) is 14.7. The fraction of sp³-hybridized carbons (Fsp3) is 0.375. The van der Waals surface area contributed by atoms with Crippen molar-refractivity contribution >= 4 is 17.8 Å². The number of aryl methyl sites for hydroxylation is 2. The first-order chi connectivity index (χ1) is 14.3. The molecule has 1 saturated heterocycles. The Morgan fingerprint density at radius 3 is 2.43 bits per heavy atom. The number of nitrogens with zero attached hydrogens (tertiary/aromatic N) is 1. The molecule has 0 aromatic heterocycles. The molecule has 0 aliphatic carbocycles. The third-order valence-electron chi connectivity index (χ3n) is 5.68. The maximum atomic E-state index is 13.1. The number of amides is 4. The van der Waals surface area contributed by atoms with Crippen LogP contribution in [0.25, 0.3) is 0 Å².